The highest BCUT2D eigenvalue weighted by atomic mass is 32.2. The molecule has 8 aromatic rings. The molecule has 0 bridgehead atoms. The van der Waals surface area contributed by atoms with E-state index in [1.54, 1.807) is 55.5 Å². The third-order valence-electron chi connectivity index (χ3n) is 11.0. The first-order valence-electron chi connectivity index (χ1n) is 21.6. The lowest BCUT2D eigenvalue weighted by atomic mass is 10.0. The minimum Gasteiger partial charge on any atom is -0.308 e. The van der Waals surface area contributed by atoms with Gasteiger partial charge in [0.05, 0.1) is 27.7 Å². The van der Waals surface area contributed by atoms with Gasteiger partial charge in [-0.25, -0.2) is 64.5 Å². The van der Waals surface area contributed by atoms with E-state index < -0.39 is 88.6 Å². The number of thioether (sulfide) groups is 1. The van der Waals surface area contributed by atoms with Crippen molar-refractivity contribution in [1.82, 2.24) is 50.3 Å². The van der Waals surface area contributed by atoms with Crippen LogP contribution < -0.4 is 9.44 Å². The maximum Gasteiger partial charge on any atom is 0.232 e. The number of fused-ring (bicyclic) bond motifs is 2. The van der Waals surface area contributed by atoms with Gasteiger partial charge in [0.25, 0.3) is 0 Å². The van der Waals surface area contributed by atoms with Crippen molar-refractivity contribution in [2.24, 2.45) is 0 Å². The molecule has 1 atom stereocenters. The molecule has 0 aliphatic heterocycles. The summed E-state index contributed by atoms with van der Waals surface area (Å²) in [5, 5.41) is 14.1. The van der Waals surface area contributed by atoms with Crippen LogP contribution in [0.25, 0.3) is 44.3 Å². The van der Waals surface area contributed by atoms with Crippen LogP contribution in [-0.4, -0.2) is 98.1 Å². The maximum atomic E-state index is 15.3. The Hall–Kier alpha value is -7.25. The van der Waals surface area contributed by atoms with Crippen LogP contribution in [0, 0.1) is 36.0 Å². The van der Waals surface area contributed by atoms with E-state index in [1.807, 2.05) is 13.2 Å². The topological polar surface area (TPSA) is 244 Å². The Morgan fingerprint density at radius 3 is 1.92 bits per heavy atom. The van der Waals surface area contributed by atoms with E-state index in [4.69, 9.17) is 0 Å². The number of carbonyl (C=O) groups excluding carboxylic acids is 2. The number of halogens is 5. The first kappa shape index (κ1) is 50.1. The SMILES string of the molecule is C=S(=O)(CCC)Nc1c(F)ccc(C(=O)c2[nH]nc3ncc(-c4cnc(SC)nc4C)cc23)c1F.CCCS(=O)(=O)Nc1c(F)cc(F)c(C(=O)c2[nH]nc3ncc(-c4cnc(C5CC5)nc4)cc23)c1F. The average Bonchev–Trinajstić information content (AvgIpc) is 3.96. The summed E-state index contributed by atoms with van der Waals surface area (Å²) in [5.74, 6) is -4.41. The van der Waals surface area contributed by atoms with Crippen molar-refractivity contribution in [3.8, 4) is 22.3 Å². The molecule has 25 heteroatoms. The van der Waals surface area contributed by atoms with Gasteiger partial charge in [-0.15, -0.1) is 0 Å². The molecule has 0 radical (unpaired) electrons. The molecule has 17 nitrogen and oxygen atoms in total. The zero-order valence-electron chi connectivity index (χ0n) is 38.0. The van der Waals surface area contributed by atoms with Gasteiger partial charge >= 0.3 is 0 Å². The normalized spacial score (nSPS) is 13.4. The third kappa shape index (κ3) is 10.6. The molecule has 6 heterocycles. The lowest BCUT2D eigenvalue weighted by molar-refractivity contribution is 0.102. The quantitative estimate of drug-likeness (QED) is 0.0233. The Kier molecular flexibility index (Phi) is 14.3. The van der Waals surface area contributed by atoms with Gasteiger partial charge in [-0.1, -0.05) is 25.6 Å². The number of hydrogen-bond acceptors (Lipinski definition) is 14. The number of H-pyrrole nitrogens is 2. The van der Waals surface area contributed by atoms with Gasteiger partial charge in [0.15, 0.2) is 33.9 Å². The van der Waals surface area contributed by atoms with Crippen molar-refractivity contribution >= 4 is 82.4 Å². The summed E-state index contributed by atoms with van der Waals surface area (Å²) >= 11 is 1.42. The fourth-order valence-corrected chi connectivity index (χ4v) is 10.2. The van der Waals surface area contributed by atoms with Crippen molar-refractivity contribution in [3.05, 3.63) is 124 Å². The number of anilines is 2. The molecule has 1 fully saturated rings. The van der Waals surface area contributed by atoms with Gasteiger partial charge < -0.3 is 4.72 Å². The molecular formula is C46H41F5N12O5S3. The van der Waals surface area contributed by atoms with Crippen LogP contribution in [0.1, 0.15) is 89.1 Å². The van der Waals surface area contributed by atoms with E-state index >= 15 is 8.78 Å². The summed E-state index contributed by atoms with van der Waals surface area (Å²) in [4.78, 5) is 52.4. The predicted molar refractivity (Wildman–Crippen MR) is 260 cm³/mol. The molecule has 0 saturated heterocycles. The number of aryl methyl sites for hydroxylation is 1. The molecule has 1 unspecified atom stereocenters. The van der Waals surface area contributed by atoms with Crippen LogP contribution in [0.5, 0.6) is 0 Å². The van der Waals surface area contributed by atoms with Crippen molar-refractivity contribution in [1.29, 1.82) is 0 Å². The number of nitrogens with zero attached hydrogens (tertiary/aromatic N) is 8. The Morgan fingerprint density at radius 2 is 1.31 bits per heavy atom. The van der Waals surface area contributed by atoms with E-state index in [2.05, 4.69) is 60.9 Å². The van der Waals surface area contributed by atoms with E-state index in [-0.39, 0.29) is 46.3 Å². The summed E-state index contributed by atoms with van der Waals surface area (Å²) in [6.45, 7) is 5.17. The molecule has 2 aromatic carbocycles. The maximum absolute atomic E-state index is 15.3. The Morgan fingerprint density at radius 1 is 0.718 bits per heavy atom. The van der Waals surface area contributed by atoms with Crippen molar-refractivity contribution < 1.29 is 44.2 Å². The zero-order valence-corrected chi connectivity index (χ0v) is 40.5. The zero-order chi connectivity index (χ0) is 50.9. The van der Waals surface area contributed by atoms with E-state index in [0.29, 0.717) is 39.6 Å². The van der Waals surface area contributed by atoms with Crippen molar-refractivity contribution in [3.63, 3.8) is 0 Å². The number of carbonyl (C=O) groups is 2. The molecule has 0 amide bonds. The van der Waals surface area contributed by atoms with Gasteiger partial charge in [0.2, 0.25) is 21.6 Å². The van der Waals surface area contributed by atoms with Crippen LogP contribution in [0.3, 0.4) is 0 Å². The number of aromatic nitrogens is 10. The van der Waals surface area contributed by atoms with Crippen LogP contribution >= 0.6 is 11.8 Å². The third-order valence-corrected chi connectivity index (χ3v) is 14.6. The highest BCUT2D eigenvalue weighted by Gasteiger charge is 2.31. The molecule has 6 aromatic heterocycles. The van der Waals surface area contributed by atoms with Gasteiger partial charge in [0.1, 0.15) is 40.2 Å². The first-order chi connectivity index (χ1) is 33.8. The van der Waals surface area contributed by atoms with Gasteiger partial charge in [-0.3, -0.25) is 24.5 Å². The van der Waals surface area contributed by atoms with E-state index in [9.17, 15) is 35.4 Å². The molecule has 1 aliphatic rings. The fourth-order valence-electron chi connectivity index (χ4n) is 7.33. The molecule has 71 heavy (non-hydrogen) atoms. The van der Waals surface area contributed by atoms with Gasteiger partial charge in [-0.2, -0.15) is 10.2 Å². The number of benzene rings is 2. The molecular weight excluding hydrogens is 992 g/mol. The second-order valence-corrected chi connectivity index (χ2v) is 21.1. The fraction of sp³-hybridized carbons (Fsp3) is 0.239. The monoisotopic (exact) mass is 1030 g/mol. The number of rotatable bonds is 16. The second-order valence-electron chi connectivity index (χ2n) is 16.2. The smallest absolute Gasteiger partial charge is 0.232 e. The van der Waals surface area contributed by atoms with Crippen LogP contribution in [0.4, 0.5) is 33.3 Å². The van der Waals surface area contributed by atoms with E-state index in [1.165, 1.54) is 18.0 Å². The van der Waals surface area contributed by atoms with E-state index in [0.717, 1.165) is 42.1 Å². The molecule has 9 rings (SSSR count). The number of aromatic amines is 2. The summed E-state index contributed by atoms with van der Waals surface area (Å²) in [5.41, 5.74) is -0.0780. The Balaban J connectivity index is 0.000000191. The second kappa shape index (κ2) is 20.2. The lowest BCUT2D eigenvalue weighted by Gasteiger charge is -2.14. The highest BCUT2D eigenvalue weighted by molar-refractivity contribution is 8.01. The van der Waals surface area contributed by atoms with Crippen molar-refractivity contribution in [2.75, 3.05) is 27.2 Å². The highest BCUT2D eigenvalue weighted by Crippen LogP contribution is 2.38. The number of hydrogen-bond donors (Lipinski definition) is 4. The molecule has 1 saturated carbocycles. The molecule has 4 N–H and O–H groups in total. The van der Waals surface area contributed by atoms with Crippen LogP contribution in [0.15, 0.2) is 66.5 Å². The van der Waals surface area contributed by atoms with Crippen LogP contribution in [0.2, 0.25) is 0 Å². The lowest BCUT2D eigenvalue weighted by Crippen LogP contribution is -2.20. The Bertz CT molecular complexity index is 3630. The summed E-state index contributed by atoms with van der Waals surface area (Å²) in [6, 6.07) is 5.45. The van der Waals surface area contributed by atoms with Crippen molar-refractivity contribution in [2.45, 2.75) is 57.5 Å². The number of sulfonamides is 1. The molecule has 0 spiro atoms. The molecule has 1 aliphatic carbocycles. The number of ketones is 2. The number of pyridine rings is 2. The van der Waals surface area contributed by atoms with Gasteiger partial charge in [-0.05, 0) is 69.0 Å². The predicted octanol–water partition coefficient (Wildman–Crippen LogP) is 8.50. The summed E-state index contributed by atoms with van der Waals surface area (Å²) in [7, 11) is -7.11. The standard InChI is InChI=1S/C23H19F3N6O3S.C23H22F2N6O2S2/c1-2-5-36(34,35)32-20-16(25)7-15(24)17(18(20)26)21(33)19-14-6-12(8-29-23(14)31-30-19)13-9-27-22(28-10-13)11-3-4-11;1-5-8-35(4,33)31-20-17(24)7-6-14(18(20)25)21(32)19-15-9-13(10-26-22(15)30-29-19)16-11-27-23(34-3)28-12(16)2/h6-11,32H,2-5H2,1H3,(H,29,30,31);6-7,9-11H,4-5,8H2,1-3H3,(H,31,33)(H,26,29,30). The minimum absolute atomic E-state index is 0.0194. The largest absolute Gasteiger partial charge is 0.308 e. The average molecular weight is 1030 g/mol. The molecule has 368 valence electrons. The number of nitrogens with one attached hydrogen (secondary N) is 4. The summed E-state index contributed by atoms with van der Waals surface area (Å²) < 4.78 is 114. The van der Waals surface area contributed by atoms with Gasteiger partial charge in [0, 0.05) is 86.4 Å². The Labute approximate surface area is 406 Å². The van der Waals surface area contributed by atoms with Crippen LogP contribution in [-0.2, 0) is 19.7 Å². The first-order valence-corrected chi connectivity index (χ1v) is 26.4. The summed E-state index contributed by atoms with van der Waals surface area (Å²) in [6.07, 6.45) is 12.6. The minimum atomic E-state index is -4.12.